The zero-order valence-electron chi connectivity index (χ0n) is 10.6. The fourth-order valence-electron chi connectivity index (χ4n) is 2.79. The highest BCUT2D eigenvalue weighted by molar-refractivity contribution is 7.98. The van der Waals surface area contributed by atoms with Crippen LogP contribution < -0.4 is 10.2 Å². The Morgan fingerprint density at radius 2 is 2.05 bits per heavy atom. The predicted octanol–water partition coefficient (Wildman–Crippen LogP) is 1.66. The van der Waals surface area contributed by atoms with Gasteiger partial charge < -0.3 is 10.2 Å². The minimum atomic E-state index is 0.253. The summed E-state index contributed by atoms with van der Waals surface area (Å²) in [7, 11) is 0. The van der Waals surface area contributed by atoms with Gasteiger partial charge in [0.2, 0.25) is 0 Å². The molecule has 2 bridgehead atoms. The summed E-state index contributed by atoms with van der Waals surface area (Å²) in [6, 6.07) is 3.13. The molecule has 1 N–H and O–H groups in total. The monoisotopic (exact) mass is 295 g/mol. The predicted molar refractivity (Wildman–Crippen MR) is 75.7 cm³/mol. The fraction of sp³-hybridized carbons (Fsp3) is 0.583. The van der Waals surface area contributed by atoms with Crippen LogP contribution in [0.1, 0.15) is 18.4 Å². The molecule has 1 aromatic heterocycles. The molecule has 3 heterocycles. The largest absolute Gasteiger partial charge is 0.352 e. The molecule has 2 atom stereocenters. The molecule has 1 aromatic rings. The Morgan fingerprint density at radius 3 is 2.63 bits per heavy atom. The molecular weight excluding hydrogens is 282 g/mol. The van der Waals surface area contributed by atoms with Gasteiger partial charge in [0.25, 0.3) is 0 Å². The average Bonchev–Trinajstić information content (AvgIpc) is 2.76. The smallest absolute Gasteiger partial charge is 0.190 e. The lowest BCUT2D eigenvalue weighted by molar-refractivity contribution is 0.462. The van der Waals surface area contributed by atoms with E-state index in [9.17, 15) is 5.26 Å². The number of thioether (sulfide) groups is 1. The molecule has 100 valence electrons. The van der Waals surface area contributed by atoms with E-state index >= 15 is 0 Å². The summed E-state index contributed by atoms with van der Waals surface area (Å²) in [4.78, 5) is 10.8. The van der Waals surface area contributed by atoms with Gasteiger partial charge in [-0.05, 0) is 19.1 Å². The molecule has 2 aliphatic heterocycles. The van der Waals surface area contributed by atoms with Crippen LogP contribution in [0, 0.1) is 11.3 Å². The third-order valence-electron chi connectivity index (χ3n) is 3.64. The number of anilines is 1. The molecule has 0 saturated carbocycles. The number of piperazine rings is 1. The molecule has 5 nitrogen and oxygen atoms in total. The number of hydrogen-bond acceptors (Lipinski definition) is 6. The van der Waals surface area contributed by atoms with E-state index in [-0.39, 0.29) is 5.15 Å². The molecule has 7 heteroatoms. The van der Waals surface area contributed by atoms with Gasteiger partial charge in [0.1, 0.15) is 11.6 Å². The van der Waals surface area contributed by atoms with Crippen molar-refractivity contribution in [2.45, 2.75) is 30.1 Å². The third-order valence-corrected chi connectivity index (χ3v) is 4.46. The highest BCUT2D eigenvalue weighted by Gasteiger charge is 2.34. The minimum absolute atomic E-state index is 0.253. The van der Waals surface area contributed by atoms with Crippen molar-refractivity contribution in [3.8, 4) is 6.07 Å². The SMILES string of the molecule is CSc1nc(Cl)c(C#N)c(N2CC3CC[C@@H](C2)N3)n1. The molecule has 0 aromatic carbocycles. The maximum Gasteiger partial charge on any atom is 0.190 e. The summed E-state index contributed by atoms with van der Waals surface area (Å²) in [6.45, 7) is 1.76. The second-order valence-corrected chi connectivity index (χ2v) is 5.99. The first-order valence-corrected chi connectivity index (χ1v) is 7.84. The van der Waals surface area contributed by atoms with Gasteiger partial charge in [-0.2, -0.15) is 5.26 Å². The van der Waals surface area contributed by atoms with Crippen molar-refractivity contribution in [1.82, 2.24) is 15.3 Å². The Labute approximate surface area is 121 Å². The lowest BCUT2D eigenvalue weighted by Gasteiger charge is -2.34. The maximum atomic E-state index is 9.28. The highest BCUT2D eigenvalue weighted by Crippen LogP contribution is 2.30. The normalized spacial score (nSPS) is 25.4. The number of nitriles is 1. The quantitative estimate of drug-likeness (QED) is 0.509. The van der Waals surface area contributed by atoms with Crippen LogP contribution in [0.2, 0.25) is 5.15 Å². The Kier molecular flexibility index (Phi) is 3.52. The Morgan fingerprint density at radius 1 is 1.37 bits per heavy atom. The van der Waals surface area contributed by atoms with Crippen molar-refractivity contribution in [3.63, 3.8) is 0 Å². The van der Waals surface area contributed by atoms with Crippen LogP contribution in [0.3, 0.4) is 0 Å². The first-order chi connectivity index (χ1) is 9.21. The molecule has 19 heavy (non-hydrogen) atoms. The summed E-state index contributed by atoms with van der Waals surface area (Å²) in [6.07, 6.45) is 4.29. The lowest BCUT2D eigenvalue weighted by atomic mass is 10.2. The number of halogens is 1. The molecular formula is C12H14ClN5S. The molecule has 2 aliphatic rings. The summed E-state index contributed by atoms with van der Waals surface area (Å²) in [5, 5.41) is 13.7. The molecule has 0 aliphatic carbocycles. The zero-order chi connectivity index (χ0) is 13.4. The Balaban J connectivity index is 1.99. The maximum absolute atomic E-state index is 9.28. The topological polar surface area (TPSA) is 64.8 Å². The van der Waals surface area contributed by atoms with Gasteiger partial charge in [-0.1, -0.05) is 23.4 Å². The van der Waals surface area contributed by atoms with Gasteiger partial charge in [0.05, 0.1) is 0 Å². The summed E-state index contributed by atoms with van der Waals surface area (Å²) < 4.78 is 0. The standard InChI is InChI=1S/C12H14ClN5S/c1-19-12-16-10(13)9(4-14)11(17-12)18-5-7-2-3-8(6-18)15-7/h7-8,15H,2-3,5-6H2,1H3/t7-,8?/m0/s1. The van der Waals surface area contributed by atoms with E-state index in [1.54, 1.807) is 0 Å². The molecule has 0 spiro atoms. The number of nitrogens with one attached hydrogen (secondary N) is 1. The minimum Gasteiger partial charge on any atom is -0.352 e. The number of hydrogen-bond donors (Lipinski definition) is 1. The second-order valence-electron chi connectivity index (χ2n) is 4.85. The molecule has 2 fully saturated rings. The van der Waals surface area contributed by atoms with Gasteiger partial charge in [-0.15, -0.1) is 0 Å². The number of rotatable bonds is 2. The van der Waals surface area contributed by atoms with Crippen molar-refractivity contribution in [2.75, 3.05) is 24.2 Å². The first kappa shape index (κ1) is 13.0. The van der Waals surface area contributed by atoms with Crippen LogP contribution in [-0.4, -0.2) is 41.4 Å². The van der Waals surface area contributed by atoms with Crippen molar-refractivity contribution in [2.24, 2.45) is 0 Å². The summed E-state index contributed by atoms with van der Waals surface area (Å²) in [5.74, 6) is 0.685. The molecule has 0 amide bonds. The van der Waals surface area contributed by atoms with Gasteiger partial charge in [0, 0.05) is 25.2 Å². The van der Waals surface area contributed by atoms with Crippen molar-refractivity contribution >= 4 is 29.2 Å². The van der Waals surface area contributed by atoms with Crippen LogP contribution in [-0.2, 0) is 0 Å². The molecule has 2 saturated heterocycles. The van der Waals surface area contributed by atoms with Crippen molar-refractivity contribution < 1.29 is 0 Å². The van der Waals surface area contributed by atoms with Crippen molar-refractivity contribution in [1.29, 1.82) is 5.26 Å². The van der Waals surface area contributed by atoms with E-state index in [4.69, 9.17) is 11.6 Å². The Hall–Kier alpha value is -1.03. The fourth-order valence-corrected chi connectivity index (χ4v) is 3.41. The number of nitrogens with zero attached hydrogens (tertiary/aromatic N) is 4. The Bertz CT molecular complexity index is 532. The van der Waals surface area contributed by atoms with Gasteiger partial charge in [-0.3, -0.25) is 0 Å². The van der Waals surface area contributed by atoms with Crippen LogP contribution >= 0.6 is 23.4 Å². The number of aromatic nitrogens is 2. The van der Waals surface area contributed by atoms with Gasteiger partial charge >= 0.3 is 0 Å². The molecule has 3 rings (SSSR count). The first-order valence-electron chi connectivity index (χ1n) is 6.24. The van der Waals surface area contributed by atoms with Crippen LogP contribution in [0.5, 0.6) is 0 Å². The highest BCUT2D eigenvalue weighted by atomic mass is 35.5. The van der Waals surface area contributed by atoms with Gasteiger partial charge in [0.15, 0.2) is 16.1 Å². The summed E-state index contributed by atoms with van der Waals surface area (Å²) >= 11 is 7.53. The lowest BCUT2D eigenvalue weighted by Crippen LogP contribution is -2.51. The zero-order valence-corrected chi connectivity index (χ0v) is 12.1. The van der Waals surface area contributed by atoms with E-state index in [1.165, 1.54) is 24.6 Å². The van der Waals surface area contributed by atoms with E-state index in [2.05, 4.69) is 26.3 Å². The van der Waals surface area contributed by atoms with E-state index in [0.29, 0.717) is 28.6 Å². The molecule has 0 radical (unpaired) electrons. The van der Waals surface area contributed by atoms with E-state index in [1.807, 2.05) is 6.26 Å². The average molecular weight is 296 g/mol. The number of fused-ring (bicyclic) bond motifs is 2. The van der Waals surface area contributed by atoms with Crippen LogP contribution in [0.4, 0.5) is 5.82 Å². The molecule has 1 unspecified atom stereocenters. The van der Waals surface area contributed by atoms with Crippen LogP contribution in [0.15, 0.2) is 5.16 Å². The third kappa shape index (κ3) is 2.38. The van der Waals surface area contributed by atoms with Gasteiger partial charge in [-0.25, -0.2) is 9.97 Å². The van der Waals surface area contributed by atoms with Crippen molar-refractivity contribution in [3.05, 3.63) is 10.7 Å². The van der Waals surface area contributed by atoms with E-state index < -0.39 is 0 Å². The van der Waals surface area contributed by atoms with E-state index in [0.717, 1.165) is 13.1 Å². The second kappa shape index (κ2) is 5.16. The van der Waals surface area contributed by atoms with Crippen LogP contribution in [0.25, 0.3) is 0 Å². The summed E-state index contributed by atoms with van der Waals surface area (Å²) in [5.41, 5.74) is 0.390.